The summed E-state index contributed by atoms with van der Waals surface area (Å²) in [6, 6.07) is 3.74. The van der Waals surface area contributed by atoms with E-state index in [0.29, 0.717) is 5.56 Å². The molecule has 0 aliphatic heterocycles. The summed E-state index contributed by atoms with van der Waals surface area (Å²) in [5.74, 6) is -2.31. The summed E-state index contributed by atoms with van der Waals surface area (Å²) in [5.41, 5.74) is -1.02. The molecule has 1 saturated carbocycles. The number of alkyl halides is 3. The predicted molar refractivity (Wildman–Crippen MR) is 65.6 cm³/mol. The lowest BCUT2D eigenvalue weighted by molar-refractivity contribution is -0.139. The first kappa shape index (κ1) is 14.7. The summed E-state index contributed by atoms with van der Waals surface area (Å²) in [6.45, 7) is 3.49. The summed E-state index contributed by atoms with van der Waals surface area (Å²) < 4.78 is 43.6. The van der Waals surface area contributed by atoms with Crippen LogP contribution in [-0.4, -0.2) is 18.2 Å². The molecule has 0 amide bonds. The monoisotopic (exact) mass is 288 g/mol. The molecular formula is C14H15F3O3. The fourth-order valence-corrected chi connectivity index (χ4v) is 2.86. The number of rotatable bonds is 3. The number of aliphatic carboxylic acids is 1. The molecule has 1 fully saturated rings. The lowest BCUT2D eigenvalue weighted by Gasteiger charge is -2.14. The minimum atomic E-state index is -4.53. The Balaban J connectivity index is 2.44. The van der Waals surface area contributed by atoms with Crippen molar-refractivity contribution >= 4 is 5.97 Å². The van der Waals surface area contributed by atoms with Crippen LogP contribution in [0, 0.1) is 11.3 Å². The Labute approximate surface area is 114 Å². The van der Waals surface area contributed by atoms with Crippen LogP contribution in [0.5, 0.6) is 5.75 Å². The van der Waals surface area contributed by atoms with Gasteiger partial charge in [-0.15, -0.1) is 0 Å². The van der Waals surface area contributed by atoms with Gasteiger partial charge in [0.05, 0.1) is 18.6 Å². The topological polar surface area (TPSA) is 46.5 Å². The van der Waals surface area contributed by atoms with E-state index in [9.17, 15) is 18.0 Å². The van der Waals surface area contributed by atoms with Gasteiger partial charge in [0.15, 0.2) is 0 Å². The van der Waals surface area contributed by atoms with Crippen molar-refractivity contribution in [1.82, 2.24) is 0 Å². The van der Waals surface area contributed by atoms with E-state index < -0.39 is 35.0 Å². The van der Waals surface area contributed by atoms with Crippen LogP contribution in [0.1, 0.15) is 30.9 Å². The highest BCUT2D eigenvalue weighted by Crippen LogP contribution is 2.64. The fourth-order valence-electron chi connectivity index (χ4n) is 2.86. The highest BCUT2D eigenvalue weighted by molar-refractivity contribution is 5.77. The van der Waals surface area contributed by atoms with Gasteiger partial charge in [-0.1, -0.05) is 19.9 Å². The van der Waals surface area contributed by atoms with Crippen molar-refractivity contribution < 1.29 is 27.8 Å². The number of halogens is 3. The number of carbonyl (C=O) groups is 1. The van der Waals surface area contributed by atoms with Crippen molar-refractivity contribution in [3.63, 3.8) is 0 Å². The third-order valence-corrected chi connectivity index (χ3v) is 3.98. The third-order valence-electron chi connectivity index (χ3n) is 3.98. The maximum Gasteiger partial charge on any atom is 0.419 e. The molecule has 1 aromatic rings. The summed E-state index contributed by atoms with van der Waals surface area (Å²) in [5, 5.41) is 9.10. The third kappa shape index (κ3) is 2.23. The van der Waals surface area contributed by atoms with Crippen molar-refractivity contribution in [3.05, 3.63) is 29.3 Å². The number of hydrogen-bond acceptors (Lipinski definition) is 2. The average molecular weight is 288 g/mol. The van der Waals surface area contributed by atoms with Crippen LogP contribution in [0.3, 0.4) is 0 Å². The van der Waals surface area contributed by atoms with E-state index in [0.717, 1.165) is 6.07 Å². The molecule has 0 heterocycles. The van der Waals surface area contributed by atoms with Crippen LogP contribution in [-0.2, 0) is 11.0 Å². The van der Waals surface area contributed by atoms with Gasteiger partial charge >= 0.3 is 12.1 Å². The molecule has 0 bridgehead atoms. The van der Waals surface area contributed by atoms with Gasteiger partial charge in [0.1, 0.15) is 5.75 Å². The zero-order chi connectivity index (χ0) is 15.3. The summed E-state index contributed by atoms with van der Waals surface area (Å²) in [6.07, 6.45) is -4.53. The van der Waals surface area contributed by atoms with Gasteiger partial charge < -0.3 is 9.84 Å². The van der Waals surface area contributed by atoms with Gasteiger partial charge in [-0.05, 0) is 23.1 Å². The molecule has 0 radical (unpaired) electrons. The molecule has 1 aliphatic rings. The molecule has 110 valence electrons. The predicted octanol–water partition coefficient (Wildman–Crippen LogP) is 3.54. The van der Waals surface area contributed by atoms with Crippen LogP contribution >= 0.6 is 0 Å². The minimum absolute atomic E-state index is 0.258. The Morgan fingerprint density at radius 3 is 2.35 bits per heavy atom. The first-order valence-corrected chi connectivity index (χ1v) is 6.08. The molecule has 0 aromatic heterocycles. The Morgan fingerprint density at radius 1 is 1.35 bits per heavy atom. The van der Waals surface area contributed by atoms with Crippen molar-refractivity contribution in [2.45, 2.75) is 25.9 Å². The van der Waals surface area contributed by atoms with E-state index in [1.54, 1.807) is 13.8 Å². The van der Waals surface area contributed by atoms with Crippen LogP contribution in [0.2, 0.25) is 0 Å². The molecule has 1 N–H and O–H groups in total. The highest BCUT2D eigenvalue weighted by Gasteiger charge is 2.62. The lowest BCUT2D eigenvalue weighted by Crippen LogP contribution is -2.08. The van der Waals surface area contributed by atoms with Gasteiger partial charge in [0.2, 0.25) is 0 Å². The molecule has 0 spiro atoms. The Bertz CT molecular complexity index is 549. The van der Waals surface area contributed by atoms with Gasteiger partial charge in [-0.3, -0.25) is 4.79 Å². The maximum absolute atomic E-state index is 13.0. The standard InChI is InChI=1S/C14H15F3O3/c1-13(2)10(11(13)12(18)19)7-4-5-9(20-3)8(6-7)14(15,16)17/h4-6,10-11H,1-3H3,(H,18,19)/t10-,11+/m1/s1. The zero-order valence-electron chi connectivity index (χ0n) is 11.3. The maximum atomic E-state index is 13.0. The molecule has 2 rings (SSSR count). The molecule has 20 heavy (non-hydrogen) atoms. The quantitative estimate of drug-likeness (QED) is 0.925. The van der Waals surface area contributed by atoms with Crippen molar-refractivity contribution in [3.8, 4) is 5.75 Å². The molecule has 1 aliphatic carbocycles. The highest BCUT2D eigenvalue weighted by atomic mass is 19.4. The number of methoxy groups -OCH3 is 1. The summed E-state index contributed by atoms with van der Waals surface area (Å²) in [7, 11) is 1.17. The molecule has 0 saturated heterocycles. The SMILES string of the molecule is COc1ccc([C@@H]2[C@@H](C(=O)O)C2(C)C)cc1C(F)(F)F. The van der Waals surface area contributed by atoms with Crippen LogP contribution in [0.15, 0.2) is 18.2 Å². The second-order valence-electron chi connectivity index (χ2n) is 5.57. The van der Waals surface area contributed by atoms with Crippen LogP contribution in [0.4, 0.5) is 13.2 Å². The molecule has 1 aromatic carbocycles. The smallest absolute Gasteiger partial charge is 0.419 e. The normalized spacial score (nSPS) is 24.3. The molecular weight excluding hydrogens is 273 g/mol. The number of hydrogen-bond donors (Lipinski definition) is 1. The Hall–Kier alpha value is -1.72. The first-order chi connectivity index (χ1) is 9.10. The number of benzene rings is 1. The first-order valence-electron chi connectivity index (χ1n) is 6.08. The molecule has 2 atom stereocenters. The van der Waals surface area contributed by atoms with Gasteiger partial charge in [0, 0.05) is 5.92 Å². The fraction of sp³-hybridized carbons (Fsp3) is 0.500. The van der Waals surface area contributed by atoms with E-state index >= 15 is 0 Å². The largest absolute Gasteiger partial charge is 0.496 e. The van der Waals surface area contributed by atoms with E-state index in [-0.39, 0.29) is 5.75 Å². The molecule has 6 heteroatoms. The number of carboxylic acids is 1. The van der Waals surface area contributed by atoms with Gasteiger partial charge in [-0.25, -0.2) is 0 Å². The minimum Gasteiger partial charge on any atom is -0.496 e. The Morgan fingerprint density at radius 2 is 1.95 bits per heavy atom. The Kier molecular flexibility index (Phi) is 3.23. The summed E-state index contributed by atoms with van der Waals surface area (Å²) in [4.78, 5) is 11.1. The number of carboxylic acid groups (broad SMARTS) is 1. The lowest BCUT2D eigenvalue weighted by atomic mass is 10.0. The van der Waals surface area contributed by atoms with E-state index in [4.69, 9.17) is 9.84 Å². The van der Waals surface area contributed by atoms with Crippen LogP contribution in [0.25, 0.3) is 0 Å². The second kappa shape index (κ2) is 4.40. The van der Waals surface area contributed by atoms with E-state index in [1.165, 1.54) is 19.2 Å². The number of ether oxygens (including phenoxy) is 1. The van der Waals surface area contributed by atoms with Crippen LogP contribution < -0.4 is 4.74 Å². The van der Waals surface area contributed by atoms with Crippen molar-refractivity contribution in [2.75, 3.05) is 7.11 Å². The van der Waals surface area contributed by atoms with Gasteiger partial charge in [-0.2, -0.15) is 13.2 Å². The average Bonchev–Trinajstić information content (AvgIpc) is 2.90. The molecule has 3 nitrogen and oxygen atoms in total. The van der Waals surface area contributed by atoms with Crippen molar-refractivity contribution in [2.24, 2.45) is 11.3 Å². The van der Waals surface area contributed by atoms with Gasteiger partial charge in [0.25, 0.3) is 0 Å². The second-order valence-corrected chi connectivity index (χ2v) is 5.57. The molecule has 0 unspecified atom stereocenters. The van der Waals surface area contributed by atoms with Crippen molar-refractivity contribution in [1.29, 1.82) is 0 Å². The summed E-state index contributed by atoms with van der Waals surface area (Å²) >= 11 is 0. The zero-order valence-corrected chi connectivity index (χ0v) is 11.3. The van der Waals surface area contributed by atoms with E-state index in [1.807, 2.05) is 0 Å². The van der Waals surface area contributed by atoms with E-state index in [2.05, 4.69) is 0 Å².